The third-order valence-corrected chi connectivity index (χ3v) is 4.42. The van der Waals surface area contributed by atoms with E-state index in [9.17, 15) is 5.11 Å². The van der Waals surface area contributed by atoms with Gasteiger partial charge in [0.2, 0.25) is 0 Å². The summed E-state index contributed by atoms with van der Waals surface area (Å²) in [7, 11) is 0. The second-order valence-electron chi connectivity index (χ2n) is 6.33. The molecule has 18 heavy (non-hydrogen) atoms. The Bertz CT molecular complexity index is 207. The first kappa shape index (κ1) is 16.0. The molecule has 0 radical (unpaired) electrons. The fraction of sp³-hybridized carbons (Fsp3) is 1.00. The van der Waals surface area contributed by atoms with E-state index in [0.717, 1.165) is 25.3 Å². The van der Waals surface area contributed by atoms with Gasteiger partial charge in [0.25, 0.3) is 0 Å². The first-order valence-corrected chi connectivity index (χ1v) is 8.08. The molecule has 2 N–H and O–H groups in total. The molecule has 0 amide bonds. The Morgan fingerprint density at radius 1 is 1.17 bits per heavy atom. The number of unbranched alkanes of at least 4 members (excludes halogenated alkanes) is 5. The summed E-state index contributed by atoms with van der Waals surface area (Å²) in [6, 6.07) is 0. The van der Waals surface area contributed by atoms with Crippen LogP contribution in [-0.2, 0) is 0 Å². The molecular weight excluding hydrogens is 222 g/mol. The summed E-state index contributed by atoms with van der Waals surface area (Å²) >= 11 is 0. The van der Waals surface area contributed by atoms with Crippen molar-refractivity contribution in [3.05, 3.63) is 0 Å². The molecule has 2 heteroatoms. The van der Waals surface area contributed by atoms with Gasteiger partial charge in [-0.25, -0.2) is 0 Å². The number of aliphatic hydroxyl groups is 1. The number of hydrogen-bond donors (Lipinski definition) is 2. The van der Waals surface area contributed by atoms with Crippen LogP contribution in [0, 0.1) is 5.92 Å². The van der Waals surface area contributed by atoms with Crippen LogP contribution in [0.5, 0.6) is 0 Å². The lowest BCUT2D eigenvalue weighted by molar-refractivity contribution is 0.0995. The quantitative estimate of drug-likeness (QED) is 0.613. The molecular formula is C16H33NO. The molecule has 2 nitrogen and oxygen atoms in total. The highest BCUT2D eigenvalue weighted by molar-refractivity contribution is 4.92. The Kier molecular flexibility index (Phi) is 7.92. The summed E-state index contributed by atoms with van der Waals surface area (Å²) in [5.41, 5.74) is 0.0427. The molecule has 2 atom stereocenters. The van der Waals surface area contributed by atoms with Crippen molar-refractivity contribution in [3.8, 4) is 0 Å². The van der Waals surface area contributed by atoms with Gasteiger partial charge in [0.05, 0.1) is 6.61 Å². The summed E-state index contributed by atoms with van der Waals surface area (Å²) in [5.74, 6) is 0.767. The second-order valence-corrected chi connectivity index (χ2v) is 6.33. The molecule has 1 aliphatic carbocycles. The zero-order chi connectivity index (χ0) is 13.3. The average molecular weight is 255 g/mol. The highest BCUT2D eigenvalue weighted by Crippen LogP contribution is 2.31. The Balaban J connectivity index is 2.11. The number of hydrogen-bond acceptors (Lipinski definition) is 2. The van der Waals surface area contributed by atoms with E-state index in [-0.39, 0.29) is 5.54 Å². The zero-order valence-corrected chi connectivity index (χ0v) is 12.5. The van der Waals surface area contributed by atoms with Gasteiger partial charge in [-0.05, 0) is 31.7 Å². The van der Waals surface area contributed by atoms with E-state index >= 15 is 0 Å². The van der Waals surface area contributed by atoms with Crippen LogP contribution in [0.25, 0.3) is 0 Å². The van der Waals surface area contributed by atoms with Crippen molar-refractivity contribution in [2.45, 2.75) is 83.6 Å². The molecule has 0 aliphatic heterocycles. The maximum atomic E-state index is 9.67. The van der Waals surface area contributed by atoms with E-state index < -0.39 is 0 Å². The molecule has 1 rings (SSSR count). The minimum atomic E-state index is 0.0427. The van der Waals surface area contributed by atoms with Crippen molar-refractivity contribution in [1.29, 1.82) is 0 Å². The summed E-state index contributed by atoms with van der Waals surface area (Å²) in [6.07, 6.45) is 13.0. The van der Waals surface area contributed by atoms with E-state index in [0.29, 0.717) is 6.61 Å². The third-order valence-electron chi connectivity index (χ3n) is 4.42. The average Bonchev–Trinajstić information content (AvgIpc) is 2.38. The fourth-order valence-electron chi connectivity index (χ4n) is 3.28. The first-order valence-electron chi connectivity index (χ1n) is 8.08. The van der Waals surface area contributed by atoms with E-state index in [1.807, 2.05) is 0 Å². The standard InChI is InChI=1S/C16H33NO/c1-3-4-5-6-7-8-12-17-16(14-18)11-9-10-15(2)13-16/h15,17-18H,3-14H2,1-2H3. The van der Waals surface area contributed by atoms with E-state index in [1.165, 1.54) is 51.4 Å². The van der Waals surface area contributed by atoms with Crippen molar-refractivity contribution in [1.82, 2.24) is 5.32 Å². The summed E-state index contributed by atoms with van der Waals surface area (Å²) < 4.78 is 0. The first-order chi connectivity index (χ1) is 8.72. The maximum Gasteiger partial charge on any atom is 0.0613 e. The highest BCUT2D eigenvalue weighted by atomic mass is 16.3. The normalized spacial score (nSPS) is 28.5. The van der Waals surface area contributed by atoms with Crippen LogP contribution in [-0.4, -0.2) is 23.8 Å². The summed E-state index contributed by atoms with van der Waals surface area (Å²) in [5, 5.41) is 13.3. The van der Waals surface area contributed by atoms with Gasteiger partial charge in [0.1, 0.15) is 0 Å². The van der Waals surface area contributed by atoms with Crippen LogP contribution >= 0.6 is 0 Å². The Morgan fingerprint density at radius 3 is 2.56 bits per heavy atom. The number of rotatable bonds is 9. The SMILES string of the molecule is CCCCCCCCNC1(CO)CCCC(C)C1. The number of nitrogens with one attached hydrogen (secondary N) is 1. The van der Waals surface area contributed by atoms with Gasteiger partial charge in [0.15, 0.2) is 0 Å². The van der Waals surface area contributed by atoms with Crippen molar-refractivity contribution < 1.29 is 5.11 Å². The monoisotopic (exact) mass is 255 g/mol. The van der Waals surface area contributed by atoms with Crippen LogP contribution in [0.2, 0.25) is 0 Å². The van der Waals surface area contributed by atoms with Crippen molar-refractivity contribution in [2.24, 2.45) is 5.92 Å². The van der Waals surface area contributed by atoms with Gasteiger partial charge >= 0.3 is 0 Å². The maximum absolute atomic E-state index is 9.67. The lowest BCUT2D eigenvalue weighted by atomic mass is 9.77. The largest absolute Gasteiger partial charge is 0.394 e. The number of aliphatic hydroxyl groups excluding tert-OH is 1. The molecule has 0 spiro atoms. The van der Waals surface area contributed by atoms with Gasteiger partial charge in [-0.1, -0.05) is 58.8 Å². The van der Waals surface area contributed by atoms with E-state index in [4.69, 9.17) is 0 Å². The van der Waals surface area contributed by atoms with Gasteiger partial charge in [0, 0.05) is 5.54 Å². The summed E-state index contributed by atoms with van der Waals surface area (Å²) in [6.45, 7) is 5.97. The van der Waals surface area contributed by atoms with Gasteiger partial charge in [-0.2, -0.15) is 0 Å². The molecule has 0 aromatic carbocycles. The van der Waals surface area contributed by atoms with Crippen molar-refractivity contribution in [3.63, 3.8) is 0 Å². The minimum Gasteiger partial charge on any atom is -0.394 e. The smallest absolute Gasteiger partial charge is 0.0613 e. The summed E-state index contributed by atoms with van der Waals surface area (Å²) in [4.78, 5) is 0. The third kappa shape index (κ3) is 5.71. The highest BCUT2D eigenvalue weighted by Gasteiger charge is 2.33. The Hall–Kier alpha value is -0.0800. The van der Waals surface area contributed by atoms with Crippen LogP contribution in [0.4, 0.5) is 0 Å². The molecule has 108 valence electrons. The molecule has 1 fully saturated rings. The molecule has 2 unspecified atom stereocenters. The van der Waals surface area contributed by atoms with Crippen molar-refractivity contribution >= 4 is 0 Å². The van der Waals surface area contributed by atoms with Crippen LogP contribution in [0.15, 0.2) is 0 Å². The molecule has 0 aromatic rings. The van der Waals surface area contributed by atoms with Crippen LogP contribution in [0.3, 0.4) is 0 Å². The Labute approximate surface area is 114 Å². The molecule has 1 aliphatic rings. The molecule has 0 bridgehead atoms. The van der Waals surface area contributed by atoms with Crippen LogP contribution in [0.1, 0.15) is 78.1 Å². The van der Waals surface area contributed by atoms with E-state index in [2.05, 4.69) is 19.2 Å². The molecule has 1 saturated carbocycles. The van der Waals surface area contributed by atoms with Gasteiger partial charge in [-0.15, -0.1) is 0 Å². The molecule has 0 heterocycles. The fourth-order valence-corrected chi connectivity index (χ4v) is 3.28. The van der Waals surface area contributed by atoms with Gasteiger partial charge in [-0.3, -0.25) is 0 Å². The topological polar surface area (TPSA) is 32.3 Å². The molecule has 0 saturated heterocycles. The predicted octanol–water partition coefficient (Wildman–Crippen LogP) is 3.88. The minimum absolute atomic E-state index is 0.0427. The lowest BCUT2D eigenvalue weighted by Gasteiger charge is -2.39. The van der Waals surface area contributed by atoms with Crippen molar-refractivity contribution in [2.75, 3.05) is 13.2 Å². The Morgan fingerprint density at radius 2 is 1.89 bits per heavy atom. The molecule has 0 aromatic heterocycles. The van der Waals surface area contributed by atoms with Crippen LogP contribution < -0.4 is 5.32 Å². The van der Waals surface area contributed by atoms with Gasteiger partial charge < -0.3 is 10.4 Å². The van der Waals surface area contributed by atoms with E-state index in [1.54, 1.807) is 0 Å². The lowest BCUT2D eigenvalue weighted by Crippen LogP contribution is -2.51. The predicted molar refractivity (Wildman–Crippen MR) is 78.8 cm³/mol. The zero-order valence-electron chi connectivity index (χ0n) is 12.5. The second kappa shape index (κ2) is 8.92.